The van der Waals surface area contributed by atoms with Crippen LogP contribution in [0.1, 0.15) is 51.9 Å². The first kappa shape index (κ1) is 15.5. The summed E-state index contributed by atoms with van der Waals surface area (Å²) in [6.07, 6.45) is 13.0. The Morgan fingerprint density at radius 1 is 1.20 bits per heavy atom. The van der Waals surface area contributed by atoms with Crippen LogP contribution in [0.15, 0.2) is 18.5 Å². The van der Waals surface area contributed by atoms with Gasteiger partial charge in [0.05, 0.1) is 6.54 Å². The average Bonchev–Trinajstić information content (AvgIpc) is 2.87. The van der Waals surface area contributed by atoms with Crippen LogP contribution in [0.4, 0.5) is 0 Å². The van der Waals surface area contributed by atoms with E-state index in [4.69, 9.17) is 5.73 Å². The van der Waals surface area contributed by atoms with Gasteiger partial charge in [-0.25, -0.2) is 0 Å². The summed E-state index contributed by atoms with van der Waals surface area (Å²) in [6, 6.07) is 1.99. The highest BCUT2D eigenvalue weighted by Crippen LogP contribution is 2.32. The monoisotopic (exact) mass is 278 g/mol. The molecule has 0 radical (unpaired) electrons. The number of rotatable bonds is 7. The van der Waals surface area contributed by atoms with Crippen molar-refractivity contribution in [3.05, 3.63) is 18.5 Å². The molecule has 0 aliphatic heterocycles. The molecule has 1 aromatic rings. The fourth-order valence-corrected chi connectivity index (χ4v) is 3.55. The smallest absolute Gasteiger partial charge is 0.0536 e. The van der Waals surface area contributed by atoms with Crippen molar-refractivity contribution in [2.24, 2.45) is 5.73 Å². The van der Waals surface area contributed by atoms with Crippen LogP contribution in [-0.2, 0) is 6.54 Å². The van der Waals surface area contributed by atoms with Gasteiger partial charge in [-0.1, -0.05) is 32.6 Å². The molecule has 4 heteroatoms. The molecule has 0 atom stereocenters. The molecule has 1 heterocycles. The lowest BCUT2D eigenvalue weighted by Crippen LogP contribution is -2.54. The van der Waals surface area contributed by atoms with Crippen LogP contribution in [0.25, 0.3) is 0 Å². The van der Waals surface area contributed by atoms with E-state index in [-0.39, 0.29) is 5.54 Å². The van der Waals surface area contributed by atoms with Gasteiger partial charge in [0.25, 0.3) is 0 Å². The van der Waals surface area contributed by atoms with Crippen LogP contribution in [0, 0.1) is 0 Å². The fraction of sp³-hybridized carbons (Fsp3) is 0.812. The van der Waals surface area contributed by atoms with Gasteiger partial charge in [0, 0.05) is 31.0 Å². The summed E-state index contributed by atoms with van der Waals surface area (Å²) in [5, 5.41) is 4.32. The van der Waals surface area contributed by atoms with Gasteiger partial charge in [-0.05, 0) is 31.9 Å². The molecule has 0 aromatic carbocycles. The van der Waals surface area contributed by atoms with Crippen molar-refractivity contribution in [1.29, 1.82) is 0 Å². The standard InChI is InChI=1S/C16H30N4/c1-2-11-19(13-14-20-12-7-10-18-20)16(15-17)8-5-3-4-6-9-16/h7,10,12H,2-6,8-9,11,13-15,17H2,1H3. The summed E-state index contributed by atoms with van der Waals surface area (Å²) in [6.45, 7) is 6.24. The summed E-state index contributed by atoms with van der Waals surface area (Å²) in [5.41, 5.74) is 6.46. The SMILES string of the molecule is CCCN(CCn1cccn1)C1(CN)CCCCCC1. The highest BCUT2D eigenvalue weighted by atomic mass is 15.3. The Bertz CT molecular complexity index is 353. The Hall–Kier alpha value is -0.870. The van der Waals surface area contributed by atoms with Crippen LogP contribution in [0.5, 0.6) is 0 Å². The van der Waals surface area contributed by atoms with Crippen molar-refractivity contribution in [2.45, 2.75) is 64.0 Å². The van der Waals surface area contributed by atoms with Gasteiger partial charge in [-0.15, -0.1) is 0 Å². The molecule has 2 N–H and O–H groups in total. The van der Waals surface area contributed by atoms with E-state index in [1.54, 1.807) is 0 Å². The second-order valence-corrected chi connectivity index (χ2v) is 6.10. The van der Waals surface area contributed by atoms with Crippen molar-refractivity contribution >= 4 is 0 Å². The molecule has 0 spiro atoms. The second kappa shape index (κ2) is 7.79. The number of aromatic nitrogens is 2. The maximum absolute atomic E-state index is 6.22. The number of hydrogen-bond donors (Lipinski definition) is 1. The molecule has 4 nitrogen and oxygen atoms in total. The van der Waals surface area contributed by atoms with E-state index in [9.17, 15) is 0 Å². The predicted octanol–water partition coefficient (Wildman–Crippen LogP) is 2.65. The Morgan fingerprint density at radius 3 is 2.50 bits per heavy atom. The van der Waals surface area contributed by atoms with Crippen LogP contribution < -0.4 is 5.73 Å². The van der Waals surface area contributed by atoms with Crippen LogP contribution in [-0.4, -0.2) is 39.9 Å². The first-order valence-corrected chi connectivity index (χ1v) is 8.23. The molecule has 0 unspecified atom stereocenters. The first-order chi connectivity index (χ1) is 9.80. The lowest BCUT2D eigenvalue weighted by Gasteiger charge is -2.43. The third kappa shape index (κ3) is 3.83. The number of nitrogens with two attached hydrogens (primary N) is 1. The zero-order chi connectivity index (χ0) is 14.3. The first-order valence-electron chi connectivity index (χ1n) is 8.23. The molecule has 0 amide bonds. The van der Waals surface area contributed by atoms with Gasteiger partial charge in [0.15, 0.2) is 0 Å². The van der Waals surface area contributed by atoms with E-state index in [2.05, 4.69) is 16.9 Å². The molecule has 0 saturated heterocycles. The minimum absolute atomic E-state index is 0.236. The van der Waals surface area contributed by atoms with Gasteiger partial charge in [0.1, 0.15) is 0 Å². The summed E-state index contributed by atoms with van der Waals surface area (Å²) in [4.78, 5) is 2.65. The molecule has 1 fully saturated rings. The molecule has 1 aromatic heterocycles. The maximum Gasteiger partial charge on any atom is 0.0536 e. The average molecular weight is 278 g/mol. The van der Waals surface area contributed by atoms with Crippen molar-refractivity contribution < 1.29 is 0 Å². The van der Waals surface area contributed by atoms with Gasteiger partial charge in [0.2, 0.25) is 0 Å². The Kier molecular flexibility index (Phi) is 6.05. The summed E-state index contributed by atoms with van der Waals surface area (Å²) in [7, 11) is 0. The Balaban J connectivity index is 2.03. The van der Waals surface area contributed by atoms with Crippen molar-refractivity contribution in [3.8, 4) is 0 Å². The molecule has 20 heavy (non-hydrogen) atoms. The van der Waals surface area contributed by atoms with Crippen molar-refractivity contribution in [2.75, 3.05) is 19.6 Å². The number of hydrogen-bond acceptors (Lipinski definition) is 3. The summed E-state index contributed by atoms with van der Waals surface area (Å²) in [5.74, 6) is 0. The van der Waals surface area contributed by atoms with E-state index < -0.39 is 0 Å². The molecular weight excluding hydrogens is 248 g/mol. The van der Waals surface area contributed by atoms with E-state index in [0.29, 0.717) is 0 Å². The zero-order valence-corrected chi connectivity index (χ0v) is 12.9. The molecule has 0 bridgehead atoms. The van der Waals surface area contributed by atoms with E-state index >= 15 is 0 Å². The molecule has 1 saturated carbocycles. The number of nitrogens with zero attached hydrogens (tertiary/aromatic N) is 3. The quantitative estimate of drug-likeness (QED) is 0.780. The van der Waals surface area contributed by atoms with E-state index in [1.807, 2.05) is 23.1 Å². The third-order valence-corrected chi connectivity index (χ3v) is 4.74. The van der Waals surface area contributed by atoms with Crippen molar-refractivity contribution in [3.63, 3.8) is 0 Å². The van der Waals surface area contributed by atoms with Crippen LogP contribution in [0.3, 0.4) is 0 Å². The normalized spacial score (nSPS) is 19.1. The summed E-state index contributed by atoms with van der Waals surface area (Å²) >= 11 is 0. The van der Waals surface area contributed by atoms with Gasteiger partial charge in [-0.3, -0.25) is 9.58 Å². The third-order valence-electron chi connectivity index (χ3n) is 4.74. The van der Waals surface area contributed by atoms with E-state index in [0.717, 1.165) is 26.2 Å². The van der Waals surface area contributed by atoms with Gasteiger partial charge < -0.3 is 5.73 Å². The molecular formula is C16H30N4. The highest BCUT2D eigenvalue weighted by Gasteiger charge is 2.35. The van der Waals surface area contributed by atoms with Gasteiger partial charge >= 0.3 is 0 Å². The lowest BCUT2D eigenvalue weighted by molar-refractivity contribution is 0.0727. The van der Waals surface area contributed by atoms with Crippen molar-refractivity contribution in [1.82, 2.24) is 14.7 Å². The molecule has 2 rings (SSSR count). The maximum atomic E-state index is 6.22. The minimum Gasteiger partial charge on any atom is -0.329 e. The van der Waals surface area contributed by atoms with E-state index in [1.165, 1.54) is 44.9 Å². The van der Waals surface area contributed by atoms with Gasteiger partial charge in [-0.2, -0.15) is 5.10 Å². The minimum atomic E-state index is 0.236. The molecule has 1 aliphatic rings. The Morgan fingerprint density at radius 2 is 1.95 bits per heavy atom. The lowest BCUT2D eigenvalue weighted by atomic mass is 9.87. The molecule has 114 valence electrons. The molecule has 1 aliphatic carbocycles. The topological polar surface area (TPSA) is 47.1 Å². The van der Waals surface area contributed by atoms with Crippen LogP contribution >= 0.6 is 0 Å². The predicted molar refractivity (Wildman–Crippen MR) is 83.6 cm³/mol. The van der Waals surface area contributed by atoms with Crippen LogP contribution in [0.2, 0.25) is 0 Å². The fourth-order valence-electron chi connectivity index (χ4n) is 3.55. The Labute approximate surface area is 123 Å². The zero-order valence-electron chi connectivity index (χ0n) is 12.9. The summed E-state index contributed by atoms with van der Waals surface area (Å²) < 4.78 is 2.03. The second-order valence-electron chi connectivity index (χ2n) is 6.10. The highest BCUT2D eigenvalue weighted by molar-refractivity contribution is 4.93. The largest absolute Gasteiger partial charge is 0.329 e.